The SMILES string of the molecule is CC(CNC(=O)c1csc2c1CCCC2)CC(=O)O. The van der Waals surface area contributed by atoms with Crippen LogP contribution in [0.15, 0.2) is 5.38 Å². The fraction of sp³-hybridized carbons (Fsp3) is 0.571. The Hall–Kier alpha value is -1.36. The van der Waals surface area contributed by atoms with Gasteiger partial charge in [-0.25, -0.2) is 0 Å². The van der Waals surface area contributed by atoms with Crippen LogP contribution in [0.25, 0.3) is 0 Å². The lowest BCUT2D eigenvalue weighted by molar-refractivity contribution is -0.137. The van der Waals surface area contributed by atoms with Crippen LogP contribution >= 0.6 is 11.3 Å². The number of rotatable bonds is 5. The maximum absolute atomic E-state index is 12.1. The van der Waals surface area contributed by atoms with E-state index in [-0.39, 0.29) is 18.2 Å². The Kier molecular flexibility index (Phi) is 4.58. The second-order valence-electron chi connectivity index (χ2n) is 5.17. The van der Waals surface area contributed by atoms with Crippen LogP contribution in [-0.4, -0.2) is 23.5 Å². The van der Waals surface area contributed by atoms with E-state index in [1.54, 1.807) is 11.3 Å². The highest BCUT2D eigenvalue weighted by Gasteiger charge is 2.20. The number of carboxylic acid groups (broad SMARTS) is 1. The molecule has 1 unspecified atom stereocenters. The Morgan fingerprint density at radius 2 is 2.16 bits per heavy atom. The number of aliphatic carboxylic acids is 1. The van der Waals surface area contributed by atoms with E-state index >= 15 is 0 Å². The summed E-state index contributed by atoms with van der Waals surface area (Å²) in [4.78, 5) is 24.0. The topological polar surface area (TPSA) is 66.4 Å². The van der Waals surface area contributed by atoms with E-state index in [4.69, 9.17) is 5.11 Å². The maximum atomic E-state index is 12.1. The molecule has 1 atom stereocenters. The zero-order valence-electron chi connectivity index (χ0n) is 11.1. The lowest BCUT2D eigenvalue weighted by Crippen LogP contribution is -2.29. The van der Waals surface area contributed by atoms with Crippen molar-refractivity contribution in [3.63, 3.8) is 0 Å². The van der Waals surface area contributed by atoms with Crippen molar-refractivity contribution < 1.29 is 14.7 Å². The summed E-state index contributed by atoms with van der Waals surface area (Å²) in [6, 6.07) is 0. The van der Waals surface area contributed by atoms with Crippen LogP contribution < -0.4 is 5.32 Å². The average molecular weight is 281 g/mol. The molecular formula is C14H19NO3S. The highest BCUT2D eigenvalue weighted by atomic mass is 32.1. The Bertz CT molecular complexity index is 481. The first-order valence-electron chi connectivity index (χ1n) is 6.67. The maximum Gasteiger partial charge on any atom is 0.303 e. The molecule has 2 N–H and O–H groups in total. The minimum atomic E-state index is -0.824. The van der Waals surface area contributed by atoms with Gasteiger partial charge in [-0.2, -0.15) is 0 Å². The molecule has 0 saturated heterocycles. The molecule has 0 aromatic carbocycles. The third kappa shape index (κ3) is 3.56. The summed E-state index contributed by atoms with van der Waals surface area (Å²) in [5.41, 5.74) is 2.00. The molecule has 0 aliphatic heterocycles. The fourth-order valence-corrected chi connectivity index (χ4v) is 3.54. The zero-order chi connectivity index (χ0) is 13.8. The number of amides is 1. The smallest absolute Gasteiger partial charge is 0.303 e. The van der Waals surface area contributed by atoms with Gasteiger partial charge >= 0.3 is 5.97 Å². The van der Waals surface area contributed by atoms with Gasteiger partial charge in [-0.3, -0.25) is 9.59 Å². The number of nitrogens with one attached hydrogen (secondary N) is 1. The number of carbonyl (C=O) groups is 2. The van der Waals surface area contributed by atoms with Crippen LogP contribution in [0, 0.1) is 5.92 Å². The Morgan fingerprint density at radius 1 is 1.42 bits per heavy atom. The lowest BCUT2D eigenvalue weighted by atomic mass is 9.95. The third-order valence-corrected chi connectivity index (χ3v) is 4.53. The monoisotopic (exact) mass is 281 g/mol. The minimum absolute atomic E-state index is 0.0455. The number of fused-ring (bicyclic) bond motifs is 1. The highest BCUT2D eigenvalue weighted by Crippen LogP contribution is 2.30. The van der Waals surface area contributed by atoms with Crippen molar-refractivity contribution in [1.82, 2.24) is 5.32 Å². The Morgan fingerprint density at radius 3 is 2.89 bits per heavy atom. The van der Waals surface area contributed by atoms with E-state index in [9.17, 15) is 9.59 Å². The molecule has 0 radical (unpaired) electrons. The molecule has 104 valence electrons. The van der Waals surface area contributed by atoms with Crippen molar-refractivity contribution in [2.75, 3.05) is 6.54 Å². The molecule has 1 aromatic heterocycles. The van der Waals surface area contributed by atoms with Gasteiger partial charge in [-0.1, -0.05) is 6.92 Å². The van der Waals surface area contributed by atoms with Crippen LogP contribution in [0.3, 0.4) is 0 Å². The molecule has 4 nitrogen and oxygen atoms in total. The largest absolute Gasteiger partial charge is 0.481 e. The molecule has 1 amide bonds. The van der Waals surface area contributed by atoms with Gasteiger partial charge in [0.05, 0.1) is 5.56 Å². The molecule has 0 saturated carbocycles. The van der Waals surface area contributed by atoms with E-state index in [2.05, 4.69) is 5.32 Å². The highest BCUT2D eigenvalue weighted by molar-refractivity contribution is 7.10. The summed E-state index contributed by atoms with van der Waals surface area (Å²) in [6.45, 7) is 2.24. The second kappa shape index (κ2) is 6.19. The quantitative estimate of drug-likeness (QED) is 0.871. The first-order valence-corrected chi connectivity index (χ1v) is 7.55. The molecule has 1 aliphatic rings. The first-order chi connectivity index (χ1) is 9.08. The van der Waals surface area contributed by atoms with Gasteiger partial charge in [0.15, 0.2) is 0 Å². The number of hydrogen-bond acceptors (Lipinski definition) is 3. The van der Waals surface area contributed by atoms with Crippen LogP contribution in [0.2, 0.25) is 0 Å². The Labute approximate surface area is 116 Å². The van der Waals surface area contributed by atoms with Crippen LogP contribution in [0.4, 0.5) is 0 Å². The van der Waals surface area contributed by atoms with Crippen LogP contribution in [0.5, 0.6) is 0 Å². The molecule has 0 spiro atoms. The van der Waals surface area contributed by atoms with Gasteiger partial charge < -0.3 is 10.4 Å². The zero-order valence-corrected chi connectivity index (χ0v) is 11.9. The molecule has 0 fully saturated rings. The predicted molar refractivity (Wildman–Crippen MR) is 74.7 cm³/mol. The molecule has 2 rings (SSSR count). The summed E-state index contributed by atoms with van der Waals surface area (Å²) in [7, 11) is 0. The van der Waals surface area contributed by atoms with Crippen molar-refractivity contribution in [2.45, 2.75) is 39.0 Å². The van der Waals surface area contributed by atoms with Gasteiger partial charge in [0.2, 0.25) is 0 Å². The second-order valence-corrected chi connectivity index (χ2v) is 6.14. The molecule has 1 aromatic rings. The normalized spacial score (nSPS) is 15.6. The predicted octanol–water partition coefficient (Wildman–Crippen LogP) is 2.47. The number of hydrogen-bond donors (Lipinski definition) is 2. The number of aryl methyl sites for hydroxylation is 1. The summed E-state index contributed by atoms with van der Waals surface area (Å²) in [5.74, 6) is -0.929. The summed E-state index contributed by atoms with van der Waals surface area (Å²) < 4.78 is 0. The molecule has 0 bridgehead atoms. The molecule has 5 heteroatoms. The molecular weight excluding hydrogens is 262 g/mol. The van der Waals surface area contributed by atoms with Crippen molar-refractivity contribution >= 4 is 23.2 Å². The minimum Gasteiger partial charge on any atom is -0.481 e. The van der Waals surface area contributed by atoms with E-state index in [0.29, 0.717) is 6.54 Å². The Balaban J connectivity index is 1.93. The van der Waals surface area contributed by atoms with E-state index in [1.807, 2.05) is 12.3 Å². The first kappa shape index (κ1) is 14.1. The van der Waals surface area contributed by atoms with Crippen molar-refractivity contribution in [3.05, 3.63) is 21.4 Å². The van der Waals surface area contributed by atoms with E-state index in [0.717, 1.165) is 24.8 Å². The van der Waals surface area contributed by atoms with Gasteiger partial charge in [-0.05, 0) is 37.2 Å². The lowest BCUT2D eigenvalue weighted by Gasteiger charge is -2.14. The van der Waals surface area contributed by atoms with Crippen molar-refractivity contribution in [3.8, 4) is 0 Å². The standard InChI is InChI=1S/C14H19NO3S/c1-9(6-13(16)17)7-15-14(18)11-8-19-12-5-3-2-4-10(11)12/h8-9H,2-7H2,1H3,(H,15,18)(H,16,17). The molecule has 1 heterocycles. The molecule has 19 heavy (non-hydrogen) atoms. The van der Waals surface area contributed by atoms with Gasteiger partial charge in [-0.15, -0.1) is 11.3 Å². The van der Waals surface area contributed by atoms with Gasteiger partial charge in [0.1, 0.15) is 0 Å². The van der Waals surface area contributed by atoms with Crippen LogP contribution in [0.1, 0.15) is 47.0 Å². The molecule has 1 aliphatic carbocycles. The number of carbonyl (C=O) groups excluding carboxylic acids is 1. The summed E-state index contributed by atoms with van der Waals surface area (Å²) in [5, 5.41) is 13.5. The van der Waals surface area contributed by atoms with E-state index in [1.165, 1.54) is 16.9 Å². The number of thiophene rings is 1. The van der Waals surface area contributed by atoms with Crippen molar-refractivity contribution in [2.24, 2.45) is 5.92 Å². The summed E-state index contributed by atoms with van der Waals surface area (Å²) >= 11 is 1.67. The van der Waals surface area contributed by atoms with E-state index < -0.39 is 5.97 Å². The van der Waals surface area contributed by atoms with Crippen molar-refractivity contribution in [1.29, 1.82) is 0 Å². The summed E-state index contributed by atoms with van der Waals surface area (Å²) in [6.07, 6.45) is 4.53. The fourth-order valence-electron chi connectivity index (χ4n) is 2.42. The number of carboxylic acids is 1. The average Bonchev–Trinajstić information content (AvgIpc) is 2.79. The van der Waals surface area contributed by atoms with Gasteiger partial charge in [0, 0.05) is 23.2 Å². The third-order valence-electron chi connectivity index (χ3n) is 3.44. The van der Waals surface area contributed by atoms with Crippen LogP contribution in [-0.2, 0) is 17.6 Å². The van der Waals surface area contributed by atoms with Gasteiger partial charge in [0.25, 0.3) is 5.91 Å².